The molecule has 2 rings (SSSR count). The summed E-state index contributed by atoms with van der Waals surface area (Å²) in [5.41, 5.74) is 5.03. The first-order valence-electron chi connectivity index (χ1n) is 5.69. The first kappa shape index (κ1) is 13.2. The van der Waals surface area contributed by atoms with Crippen LogP contribution in [0.3, 0.4) is 0 Å². The molecule has 1 atom stereocenters. The highest BCUT2D eigenvalue weighted by Gasteiger charge is 2.11. The van der Waals surface area contributed by atoms with Crippen molar-refractivity contribution in [2.45, 2.75) is 13.0 Å². The van der Waals surface area contributed by atoms with E-state index in [1.807, 2.05) is 37.8 Å². The summed E-state index contributed by atoms with van der Waals surface area (Å²) in [6, 6.07) is 6.02. The van der Waals surface area contributed by atoms with E-state index in [9.17, 15) is 0 Å². The molecule has 0 saturated heterocycles. The van der Waals surface area contributed by atoms with Crippen LogP contribution >= 0.6 is 22.9 Å². The van der Waals surface area contributed by atoms with Crippen LogP contribution in [0, 0.1) is 0 Å². The Balaban J connectivity index is 2.25. The molecule has 18 heavy (non-hydrogen) atoms. The van der Waals surface area contributed by atoms with Crippen molar-refractivity contribution in [3.63, 3.8) is 0 Å². The molecule has 96 valence electrons. The standard InChI is InChI=1S/C13H16ClN3S/c1-9(12-7-18-8-15-12)16-11-6-10(14)4-5-13(11)17(2)3/h4-9,16H,1-3H3. The number of aromatic nitrogens is 1. The van der Waals surface area contributed by atoms with E-state index in [1.54, 1.807) is 11.3 Å². The van der Waals surface area contributed by atoms with Gasteiger partial charge in [-0.15, -0.1) is 11.3 Å². The van der Waals surface area contributed by atoms with Gasteiger partial charge < -0.3 is 10.2 Å². The summed E-state index contributed by atoms with van der Waals surface area (Å²) in [5, 5.41) is 6.24. The van der Waals surface area contributed by atoms with Crippen molar-refractivity contribution in [3.8, 4) is 0 Å². The van der Waals surface area contributed by atoms with Crippen LogP contribution in [-0.2, 0) is 0 Å². The Morgan fingerprint density at radius 3 is 2.78 bits per heavy atom. The van der Waals surface area contributed by atoms with Crippen molar-refractivity contribution < 1.29 is 0 Å². The highest BCUT2D eigenvalue weighted by Crippen LogP contribution is 2.30. The fourth-order valence-corrected chi connectivity index (χ4v) is 2.58. The van der Waals surface area contributed by atoms with Crippen molar-refractivity contribution >= 4 is 34.3 Å². The number of hydrogen-bond donors (Lipinski definition) is 1. The largest absolute Gasteiger partial charge is 0.376 e. The molecule has 0 aliphatic carbocycles. The number of anilines is 2. The Morgan fingerprint density at radius 1 is 1.39 bits per heavy atom. The number of rotatable bonds is 4. The van der Waals surface area contributed by atoms with Gasteiger partial charge in [-0.3, -0.25) is 0 Å². The predicted octanol–water partition coefficient (Wildman–Crippen LogP) is 4.04. The second-order valence-corrected chi connectivity index (χ2v) is 5.49. The summed E-state index contributed by atoms with van der Waals surface area (Å²) in [4.78, 5) is 6.38. The van der Waals surface area contributed by atoms with Gasteiger partial charge in [0.15, 0.2) is 0 Å². The average molecular weight is 282 g/mol. The van der Waals surface area contributed by atoms with Crippen LogP contribution in [0.15, 0.2) is 29.1 Å². The molecule has 0 fully saturated rings. The minimum absolute atomic E-state index is 0.161. The number of thiazole rings is 1. The smallest absolute Gasteiger partial charge is 0.0795 e. The van der Waals surface area contributed by atoms with E-state index in [0.29, 0.717) is 0 Å². The monoisotopic (exact) mass is 281 g/mol. The first-order chi connectivity index (χ1) is 8.58. The molecule has 1 N–H and O–H groups in total. The summed E-state index contributed by atoms with van der Waals surface area (Å²) in [5.74, 6) is 0. The first-order valence-corrected chi connectivity index (χ1v) is 7.01. The van der Waals surface area contributed by atoms with E-state index < -0.39 is 0 Å². The third kappa shape index (κ3) is 2.94. The second-order valence-electron chi connectivity index (χ2n) is 4.34. The summed E-state index contributed by atoms with van der Waals surface area (Å²) >= 11 is 7.66. The molecule has 1 aromatic carbocycles. The van der Waals surface area contributed by atoms with Crippen molar-refractivity contribution in [1.29, 1.82) is 0 Å². The lowest BCUT2D eigenvalue weighted by molar-refractivity contribution is 0.849. The number of nitrogens with zero attached hydrogens (tertiary/aromatic N) is 2. The highest BCUT2D eigenvalue weighted by molar-refractivity contribution is 7.07. The molecule has 1 unspecified atom stereocenters. The third-order valence-electron chi connectivity index (χ3n) is 2.71. The zero-order valence-electron chi connectivity index (χ0n) is 10.6. The molecule has 0 aliphatic heterocycles. The summed E-state index contributed by atoms with van der Waals surface area (Å²) < 4.78 is 0. The lowest BCUT2D eigenvalue weighted by atomic mass is 10.2. The molecule has 0 amide bonds. The number of halogens is 1. The lowest BCUT2D eigenvalue weighted by Gasteiger charge is -2.21. The van der Waals surface area contributed by atoms with Crippen molar-refractivity contribution in [3.05, 3.63) is 39.8 Å². The quantitative estimate of drug-likeness (QED) is 0.917. The number of nitrogens with one attached hydrogen (secondary N) is 1. The van der Waals surface area contributed by atoms with Gasteiger partial charge in [-0.25, -0.2) is 4.98 Å². The van der Waals surface area contributed by atoms with Crippen LogP contribution in [0.4, 0.5) is 11.4 Å². The zero-order valence-corrected chi connectivity index (χ0v) is 12.2. The molecular weight excluding hydrogens is 266 g/mol. The Hall–Kier alpha value is -1.26. The normalized spacial score (nSPS) is 12.2. The van der Waals surface area contributed by atoms with E-state index in [1.165, 1.54) is 0 Å². The Labute approximate surface area is 116 Å². The van der Waals surface area contributed by atoms with Crippen molar-refractivity contribution in [2.75, 3.05) is 24.3 Å². The van der Waals surface area contributed by atoms with Crippen LogP contribution in [0.2, 0.25) is 5.02 Å². The van der Waals surface area contributed by atoms with E-state index in [0.717, 1.165) is 22.1 Å². The molecule has 0 bridgehead atoms. The zero-order chi connectivity index (χ0) is 13.1. The number of benzene rings is 1. The molecule has 0 saturated carbocycles. The van der Waals surface area contributed by atoms with E-state index >= 15 is 0 Å². The Bertz CT molecular complexity index is 511. The van der Waals surface area contributed by atoms with Crippen LogP contribution in [0.5, 0.6) is 0 Å². The van der Waals surface area contributed by atoms with Gasteiger partial charge in [0.05, 0.1) is 28.6 Å². The van der Waals surface area contributed by atoms with Crippen molar-refractivity contribution in [2.24, 2.45) is 0 Å². The summed E-state index contributed by atoms with van der Waals surface area (Å²) in [6.07, 6.45) is 0. The van der Waals surface area contributed by atoms with Gasteiger partial charge in [0.1, 0.15) is 0 Å². The van der Waals surface area contributed by atoms with Gasteiger partial charge in [-0.2, -0.15) is 0 Å². The van der Waals surface area contributed by atoms with E-state index in [2.05, 4.69) is 27.5 Å². The van der Waals surface area contributed by atoms with Crippen LogP contribution in [0.1, 0.15) is 18.7 Å². The van der Waals surface area contributed by atoms with Gasteiger partial charge in [0, 0.05) is 24.5 Å². The molecule has 0 radical (unpaired) electrons. The van der Waals surface area contributed by atoms with Crippen molar-refractivity contribution in [1.82, 2.24) is 4.98 Å². The van der Waals surface area contributed by atoms with Gasteiger partial charge in [-0.05, 0) is 25.1 Å². The van der Waals surface area contributed by atoms with Crippen LogP contribution < -0.4 is 10.2 Å². The van der Waals surface area contributed by atoms with E-state index in [-0.39, 0.29) is 6.04 Å². The van der Waals surface area contributed by atoms with Gasteiger partial charge in [-0.1, -0.05) is 11.6 Å². The maximum atomic E-state index is 6.06. The Kier molecular flexibility index (Phi) is 4.09. The van der Waals surface area contributed by atoms with Gasteiger partial charge in [0.25, 0.3) is 0 Å². The maximum absolute atomic E-state index is 6.06. The molecule has 2 aromatic rings. The van der Waals surface area contributed by atoms with Crippen LogP contribution in [-0.4, -0.2) is 19.1 Å². The minimum atomic E-state index is 0.161. The highest BCUT2D eigenvalue weighted by atomic mass is 35.5. The molecule has 1 heterocycles. The maximum Gasteiger partial charge on any atom is 0.0795 e. The van der Waals surface area contributed by atoms with Crippen LogP contribution in [0.25, 0.3) is 0 Å². The molecule has 1 aromatic heterocycles. The van der Waals surface area contributed by atoms with Gasteiger partial charge in [0.2, 0.25) is 0 Å². The molecule has 0 spiro atoms. The molecule has 0 aliphatic rings. The average Bonchev–Trinajstić information content (AvgIpc) is 2.81. The fourth-order valence-electron chi connectivity index (χ4n) is 1.76. The topological polar surface area (TPSA) is 28.2 Å². The summed E-state index contributed by atoms with van der Waals surface area (Å²) in [7, 11) is 4.03. The fraction of sp³-hybridized carbons (Fsp3) is 0.308. The lowest BCUT2D eigenvalue weighted by Crippen LogP contribution is -2.14. The predicted molar refractivity (Wildman–Crippen MR) is 79.9 cm³/mol. The number of hydrogen-bond acceptors (Lipinski definition) is 4. The summed E-state index contributed by atoms with van der Waals surface area (Å²) in [6.45, 7) is 2.09. The molecular formula is C13H16ClN3S. The SMILES string of the molecule is CC(Nc1cc(Cl)ccc1N(C)C)c1cscn1. The van der Waals surface area contributed by atoms with E-state index in [4.69, 9.17) is 11.6 Å². The molecule has 5 heteroatoms. The van der Waals surface area contributed by atoms with Gasteiger partial charge >= 0.3 is 0 Å². The Morgan fingerprint density at radius 2 is 2.17 bits per heavy atom. The second kappa shape index (κ2) is 5.59. The minimum Gasteiger partial charge on any atom is -0.376 e. The third-order valence-corrected chi connectivity index (χ3v) is 3.55. The molecule has 3 nitrogen and oxygen atoms in total.